The normalized spacial score (nSPS) is 20.6. The summed E-state index contributed by atoms with van der Waals surface area (Å²) in [7, 11) is 0. The zero-order chi connectivity index (χ0) is 15.5. The summed E-state index contributed by atoms with van der Waals surface area (Å²) in [6.07, 6.45) is 3.77. The van der Waals surface area contributed by atoms with Crippen LogP contribution in [0.1, 0.15) is 51.7 Å². The summed E-state index contributed by atoms with van der Waals surface area (Å²) in [6, 6.07) is 0. The van der Waals surface area contributed by atoms with Crippen LogP contribution in [0.5, 0.6) is 0 Å². The summed E-state index contributed by atoms with van der Waals surface area (Å²) in [5.41, 5.74) is -0.691. The highest BCUT2D eigenvalue weighted by Crippen LogP contribution is 2.34. The molecule has 0 bridgehead atoms. The van der Waals surface area contributed by atoms with Crippen molar-refractivity contribution in [3.63, 3.8) is 0 Å². The Labute approximate surface area is 125 Å². The lowest BCUT2D eigenvalue weighted by Gasteiger charge is -2.38. The van der Waals surface area contributed by atoms with E-state index in [9.17, 15) is 9.90 Å². The SMILES string of the molecule is CCCc1nc(CN2CCCC(C(C)(C)C(=O)O)C2)no1. The zero-order valence-corrected chi connectivity index (χ0v) is 13.1. The average Bonchev–Trinajstić information content (AvgIpc) is 2.86. The van der Waals surface area contributed by atoms with Gasteiger partial charge in [-0.15, -0.1) is 0 Å². The Morgan fingerprint density at radius 2 is 2.29 bits per heavy atom. The van der Waals surface area contributed by atoms with Crippen molar-refractivity contribution in [2.75, 3.05) is 13.1 Å². The third-order valence-corrected chi connectivity index (χ3v) is 4.42. The number of hydrogen-bond donors (Lipinski definition) is 1. The first-order chi connectivity index (χ1) is 9.93. The maximum Gasteiger partial charge on any atom is 0.309 e. The van der Waals surface area contributed by atoms with E-state index in [1.807, 2.05) is 13.8 Å². The van der Waals surface area contributed by atoms with E-state index in [-0.39, 0.29) is 5.92 Å². The van der Waals surface area contributed by atoms with Crippen LogP contribution in [0.4, 0.5) is 0 Å². The fourth-order valence-corrected chi connectivity index (χ4v) is 2.83. The minimum absolute atomic E-state index is 0.158. The van der Waals surface area contributed by atoms with Crippen molar-refractivity contribution in [3.8, 4) is 0 Å². The number of aryl methyl sites for hydroxylation is 1. The van der Waals surface area contributed by atoms with Crippen LogP contribution in [-0.2, 0) is 17.8 Å². The molecule has 1 aliphatic rings. The minimum Gasteiger partial charge on any atom is -0.481 e. The summed E-state index contributed by atoms with van der Waals surface area (Å²) >= 11 is 0. The van der Waals surface area contributed by atoms with Gasteiger partial charge in [0.05, 0.1) is 12.0 Å². The molecule has 0 saturated carbocycles. The maximum atomic E-state index is 11.4. The number of aromatic nitrogens is 2. The molecule has 1 atom stereocenters. The van der Waals surface area contributed by atoms with Gasteiger partial charge in [0.15, 0.2) is 5.82 Å². The van der Waals surface area contributed by atoms with Crippen LogP contribution in [0.25, 0.3) is 0 Å². The molecule has 1 aliphatic heterocycles. The third-order valence-electron chi connectivity index (χ3n) is 4.42. The summed E-state index contributed by atoms with van der Waals surface area (Å²) in [4.78, 5) is 18.0. The number of rotatable bonds is 6. The number of likely N-dealkylation sites (tertiary alicyclic amines) is 1. The van der Waals surface area contributed by atoms with Crippen LogP contribution in [0.15, 0.2) is 4.52 Å². The van der Waals surface area contributed by atoms with Gasteiger partial charge in [0.1, 0.15) is 0 Å². The number of carboxylic acid groups (broad SMARTS) is 1. The van der Waals surface area contributed by atoms with Gasteiger partial charge in [-0.1, -0.05) is 12.1 Å². The zero-order valence-electron chi connectivity index (χ0n) is 13.1. The molecule has 1 saturated heterocycles. The van der Waals surface area contributed by atoms with Gasteiger partial charge in [-0.25, -0.2) is 0 Å². The predicted molar refractivity (Wildman–Crippen MR) is 77.7 cm³/mol. The summed E-state index contributed by atoms with van der Waals surface area (Å²) in [5, 5.41) is 13.4. The Hall–Kier alpha value is -1.43. The van der Waals surface area contributed by atoms with Crippen molar-refractivity contribution in [1.82, 2.24) is 15.0 Å². The van der Waals surface area contributed by atoms with Gasteiger partial charge in [0.2, 0.25) is 5.89 Å². The van der Waals surface area contributed by atoms with Crippen LogP contribution in [0, 0.1) is 11.3 Å². The van der Waals surface area contributed by atoms with E-state index >= 15 is 0 Å². The molecule has 0 radical (unpaired) electrons. The molecule has 6 nitrogen and oxygen atoms in total. The summed E-state index contributed by atoms with van der Waals surface area (Å²) < 4.78 is 5.20. The lowest BCUT2D eigenvalue weighted by molar-refractivity contribution is -0.151. The molecule has 2 rings (SSSR count). The van der Waals surface area contributed by atoms with E-state index in [1.165, 1.54) is 0 Å². The van der Waals surface area contributed by atoms with Gasteiger partial charge in [-0.3, -0.25) is 9.69 Å². The van der Waals surface area contributed by atoms with E-state index in [0.29, 0.717) is 18.3 Å². The first kappa shape index (κ1) is 15.9. The Morgan fingerprint density at radius 1 is 1.52 bits per heavy atom. The van der Waals surface area contributed by atoms with Crippen LogP contribution in [-0.4, -0.2) is 39.2 Å². The highest BCUT2D eigenvalue weighted by atomic mass is 16.5. The summed E-state index contributed by atoms with van der Waals surface area (Å²) in [5.74, 6) is 0.823. The van der Waals surface area contributed by atoms with Crippen molar-refractivity contribution < 1.29 is 14.4 Å². The molecule has 0 aromatic carbocycles. The van der Waals surface area contributed by atoms with Crippen molar-refractivity contribution in [2.24, 2.45) is 11.3 Å². The Bertz CT molecular complexity index is 484. The number of carbonyl (C=O) groups is 1. The molecule has 21 heavy (non-hydrogen) atoms. The molecule has 1 unspecified atom stereocenters. The monoisotopic (exact) mass is 295 g/mol. The number of carboxylic acids is 1. The molecular formula is C15H25N3O3. The molecule has 2 heterocycles. The van der Waals surface area contributed by atoms with E-state index in [2.05, 4.69) is 22.0 Å². The molecule has 1 N–H and O–H groups in total. The molecule has 0 aliphatic carbocycles. The van der Waals surface area contributed by atoms with Crippen molar-refractivity contribution in [1.29, 1.82) is 0 Å². The number of aliphatic carboxylic acids is 1. The van der Waals surface area contributed by atoms with Gasteiger partial charge >= 0.3 is 5.97 Å². The average molecular weight is 295 g/mol. The van der Waals surface area contributed by atoms with Gasteiger partial charge in [0, 0.05) is 13.0 Å². The van der Waals surface area contributed by atoms with Crippen molar-refractivity contribution in [3.05, 3.63) is 11.7 Å². The molecular weight excluding hydrogens is 270 g/mol. The Balaban J connectivity index is 1.96. The molecule has 0 spiro atoms. The smallest absolute Gasteiger partial charge is 0.309 e. The second-order valence-corrected chi connectivity index (χ2v) is 6.46. The highest BCUT2D eigenvalue weighted by molar-refractivity contribution is 5.74. The molecule has 118 valence electrons. The first-order valence-corrected chi connectivity index (χ1v) is 7.70. The van der Waals surface area contributed by atoms with Crippen LogP contribution >= 0.6 is 0 Å². The topological polar surface area (TPSA) is 79.5 Å². The van der Waals surface area contributed by atoms with E-state index in [4.69, 9.17) is 4.52 Å². The minimum atomic E-state index is -0.723. The van der Waals surface area contributed by atoms with E-state index in [1.54, 1.807) is 0 Å². The van der Waals surface area contributed by atoms with Crippen LogP contribution < -0.4 is 0 Å². The molecule has 1 aromatic rings. The molecule has 6 heteroatoms. The predicted octanol–water partition coefficient (Wildman–Crippen LogP) is 2.34. The lowest BCUT2D eigenvalue weighted by atomic mass is 9.74. The molecule has 0 amide bonds. The number of piperidine rings is 1. The quantitative estimate of drug-likeness (QED) is 0.867. The van der Waals surface area contributed by atoms with E-state index < -0.39 is 11.4 Å². The molecule has 1 fully saturated rings. The van der Waals surface area contributed by atoms with Gasteiger partial charge in [-0.05, 0) is 45.6 Å². The number of nitrogens with zero attached hydrogens (tertiary/aromatic N) is 3. The third kappa shape index (κ3) is 3.81. The highest BCUT2D eigenvalue weighted by Gasteiger charge is 2.39. The standard InChI is InChI=1S/C15H25N3O3/c1-4-6-13-16-12(17-21-13)10-18-8-5-7-11(9-18)15(2,3)14(19)20/h11H,4-10H2,1-3H3,(H,19,20). The first-order valence-electron chi connectivity index (χ1n) is 7.70. The van der Waals surface area contributed by atoms with Gasteiger partial charge < -0.3 is 9.63 Å². The van der Waals surface area contributed by atoms with Crippen LogP contribution in [0.3, 0.4) is 0 Å². The van der Waals surface area contributed by atoms with Gasteiger partial charge in [-0.2, -0.15) is 4.98 Å². The Morgan fingerprint density at radius 3 is 2.95 bits per heavy atom. The fraction of sp³-hybridized carbons (Fsp3) is 0.800. The Kier molecular flexibility index (Phi) is 4.98. The summed E-state index contributed by atoms with van der Waals surface area (Å²) in [6.45, 7) is 8.09. The van der Waals surface area contributed by atoms with Crippen molar-refractivity contribution in [2.45, 2.75) is 53.0 Å². The lowest BCUT2D eigenvalue weighted by Crippen LogP contribution is -2.44. The van der Waals surface area contributed by atoms with Crippen molar-refractivity contribution >= 4 is 5.97 Å². The fourth-order valence-electron chi connectivity index (χ4n) is 2.83. The maximum absolute atomic E-state index is 11.4. The largest absolute Gasteiger partial charge is 0.481 e. The molecule has 1 aromatic heterocycles. The number of hydrogen-bond acceptors (Lipinski definition) is 5. The van der Waals surface area contributed by atoms with Gasteiger partial charge in [0.25, 0.3) is 0 Å². The van der Waals surface area contributed by atoms with E-state index in [0.717, 1.165) is 38.8 Å². The second-order valence-electron chi connectivity index (χ2n) is 6.46. The van der Waals surface area contributed by atoms with Crippen LogP contribution in [0.2, 0.25) is 0 Å². The second kappa shape index (κ2) is 6.56.